The molecule has 0 atom stereocenters. The zero-order valence-electron chi connectivity index (χ0n) is 19.7. The van der Waals surface area contributed by atoms with Crippen molar-refractivity contribution >= 4 is 43.4 Å². The number of rotatable bonds is 7. The molecular weight excluding hydrogens is 444 g/mol. The Morgan fingerprint density at radius 2 is 1.82 bits per heavy atom. The lowest BCUT2D eigenvalue weighted by molar-refractivity contribution is 0.0945. The van der Waals surface area contributed by atoms with Gasteiger partial charge in [-0.15, -0.1) is 0 Å². The zero-order valence-corrected chi connectivity index (χ0v) is 20.5. The number of aryl methyl sites for hydroxylation is 1. The van der Waals surface area contributed by atoms with E-state index in [2.05, 4.69) is 40.2 Å². The fraction of sp³-hybridized carbons (Fsp3) is 0.333. The molecule has 0 radical (unpaired) electrons. The van der Waals surface area contributed by atoms with Gasteiger partial charge in [-0.1, -0.05) is 54.7 Å². The molecular formula is C27H30N4O2S. The number of aromatic nitrogens is 1. The van der Waals surface area contributed by atoms with Crippen LogP contribution in [-0.2, 0) is 6.42 Å². The first-order valence-electron chi connectivity index (χ1n) is 11.9. The van der Waals surface area contributed by atoms with Gasteiger partial charge in [0.25, 0.3) is 5.91 Å². The summed E-state index contributed by atoms with van der Waals surface area (Å²) in [7, 11) is 1.61. The van der Waals surface area contributed by atoms with Crippen molar-refractivity contribution in [2.75, 3.05) is 51.3 Å². The molecule has 1 saturated heterocycles. The van der Waals surface area contributed by atoms with Crippen LogP contribution in [0.3, 0.4) is 0 Å². The number of para-hydroxylation sites is 1. The minimum Gasteiger partial charge on any atom is -0.496 e. The largest absolute Gasteiger partial charge is 0.496 e. The summed E-state index contributed by atoms with van der Waals surface area (Å²) in [6.07, 6.45) is 1.01. The van der Waals surface area contributed by atoms with Gasteiger partial charge in [-0.2, -0.15) is 0 Å². The van der Waals surface area contributed by atoms with Crippen molar-refractivity contribution in [2.24, 2.45) is 0 Å². The number of carbonyl (C=O) groups excluding carboxylic acids is 1. The molecule has 0 spiro atoms. The number of hydrogen-bond acceptors (Lipinski definition) is 6. The highest BCUT2D eigenvalue weighted by molar-refractivity contribution is 7.22. The molecule has 4 aromatic rings. The molecule has 1 aliphatic rings. The van der Waals surface area contributed by atoms with Gasteiger partial charge in [0.15, 0.2) is 5.13 Å². The van der Waals surface area contributed by atoms with Gasteiger partial charge in [-0.05, 0) is 41.0 Å². The number of anilines is 1. The van der Waals surface area contributed by atoms with E-state index in [-0.39, 0.29) is 5.91 Å². The summed E-state index contributed by atoms with van der Waals surface area (Å²) in [6, 6.07) is 18.3. The van der Waals surface area contributed by atoms with Gasteiger partial charge in [0.2, 0.25) is 0 Å². The van der Waals surface area contributed by atoms with Crippen molar-refractivity contribution in [3.8, 4) is 5.75 Å². The van der Waals surface area contributed by atoms with Crippen LogP contribution in [0.5, 0.6) is 5.75 Å². The molecule has 2 heterocycles. The van der Waals surface area contributed by atoms with Crippen molar-refractivity contribution in [1.82, 2.24) is 15.2 Å². The Labute approximate surface area is 204 Å². The molecule has 1 amide bonds. The molecule has 5 rings (SSSR count). The van der Waals surface area contributed by atoms with Crippen molar-refractivity contribution in [3.63, 3.8) is 0 Å². The maximum atomic E-state index is 12.9. The molecule has 0 unspecified atom stereocenters. The van der Waals surface area contributed by atoms with Gasteiger partial charge in [0.1, 0.15) is 5.75 Å². The van der Waals surface area contributed by atoms with Crippen LogP contribution in [0.1, 0.15) is 22.8 Å². The van der Waals surface area contributed by atoms with Gasteiger partial charge in [-0.25, -0.2) is 4.98 Å². The summed E-state index contributed by atoms with van der Waals surface area (Å²) in [5.74, 6) is 0.509. The van der Waals surface area contributed by atoms with Crippen LogP contribution in [0.2, 0.25) is 0 Å². The number of piperazine rings is 1. The molecule has 6 nitrogen and oxygen atoms in total. The molecule has 0 saturated carbocycles. The van der Waals surface area contributed by atoms with Gasteiger partial charge >= 0.3 is 0 Å². The summed E-state index contributed by atoms with van der Waals surface area (Å²) in [6.45, 7) is 7.45. The SMILES string of the molecule is CCc1cccc2sc(N3CCN(CCNC(=O)c4cc5ccccc5cc4OC)CC3)nc12. The molecule has 176 valence electrons. The average Bonchev–Trinajstić information content (AvgIpc) is 3.33. The van der Waals surface area contributed by atoms with E-state index in [1.807, 2.05) is 36.4 Å². The van der Waals surface area contributed by atoms with Gasteiger partial charge in [0, 0.05) is 39.3 Å². The predicted molar refractivity (Wildman–Crippen MR) is 140 cm³/mol. The number of ether oxygens (including phenoxy) is 1. The predicted octanol–water partition coefficient (Wildman–Crippen LogP) is 4.57. The van der Waals surface area contributed by atoms with Gasteiger partial charge in [0.05, 0.1) is 22.9 Å². The quantitative estimate of drug-likeness (QED) is 0.425. The zero-order chi connectivity index (χ0) is 23.5. The lowest BCUT2D eigenvalue weighted by Crippen LogP contribution is -2.48. The van der Waals surface area contributed by atoms with E-state index in [9.17, 15) is 4.79 Å². The number of nitrogens with one attached hydrogen (secondary N) is 1. The van der Waals surface area contributed by atoms with Crippen LogP contribution in [0.15, 0.2) is 54.6 Å². The third-order valence-corrected chi connectivity index (χ3v) is 7.62. The minimum atomic E-state index is -0.0950. The molecule has 1 aliphatic heterocycles. The van der Waals surface area contributed by atoms with Crippen LogP contribution in [0, 0.1) is 0 Å². The van der Waals surface area contributed by atoms with E-state index in [1.54, 1.807) is 18.4 Å². The molecule has 3 aromatic carbocycles. The van der Waals surface area contributed by atoms with Crippen molar-refractivity contribution < 1.29 is 9.53 Å². The Hall–Kier alpha value is -3.16. The van der Waals surface area contributed by atoms with Crippen molar-refractivity contribution in [3.05, 3.63) is 65.7 Å². The smallest absolute Gasteiger partial charge is 0.255 e. The first-order chi connectivity index (χ1) is 16.7. The van der Waals surface area contributed by atoms with Crippen LogP contribution in [0.4, 0.5) is 5.13 Å². The van der Waals surface area contributed by atoms with Crippen molar-refractivity contribution in [1.29, 1.82) is 0 Å². The Kier molecular flexibility index (Phi) is 6.65. The number of benzene rings is 3. The number of methoxy groups -OCH3 is 1. The minimum absolute atomic E-state index is 0.0950. The molecule has 1 fully saturated rings. The number of carbonyl (C=O) groups is 1. The van der Waals surface area contributed by atoms with Gasteiger partial charge < -0.3 is 15.0 Å². The normalized spacial score (nSPS) is 14.6. The van der Waals surface area contributed by atoms with Crippen LogP contribution >= 0.6 is 11.3 Å². The standard InChI is InChI=1S/C27H30N4O2S/c1-3-19-9-6-10-24-25(19)29-27(34-24)31-15-13-30(14-16-31)12-11-28-26(32)22-17-20-7-4-5-8-21(20)18-23(22)33-2/h4-10,17-18H,3,11-16H2,1-2H3,(H,28,32). The number of thiazole rings is 1. The van der Waals surface area contributed by atoms with E-state index in [1.165, 1.54) is 10.3 Å². The highest BCUT2D eigenvalue weighted by Crippen LogP contribution is 2.31. The Morgan fingerprint density at radius 3 is 2.56 bits per heavy atom. The summed E-state index contributed by atoms with van der Waals surface area (Å²) in [5, 5.41) is 6.29. The number of amides is 1. The lowest BCUT2D eigenvalue weighted by atomic mass is 10.1. The number of hydrogen-bond donors (Lipinski definition) is 1. The van der Waals surface area contributed by atoms with E-state index in [0.29, 0.717) is 17.9 Å². The first-order valence-corrected chi connectivity index (χ1v) is 12.7. The fourth-order valence-electron chi connectivity index (χ4n) is 4.57. The van der Waals surface area contributed by atoms with Gasteiger partial charge in [-0.3, -0.25) is 9.69 Å². The van der Waals surface area contributed by atoms with Crippen LogP contribution < -0.4 is 15.0 Å². The summed E-state index contributed by atoms with van der Waals surface area (Å²) < 4.78 is 6.75. The highest BCUT2D eigenvalue weighted by Gasteiger charge is 2.21. The molecule has 7 heteroatoms. The number of fused-ring (bicyclic) bond motifs is 2. The van der Waals surface area contributed by atoms with E-state index < -0.39 is 0 Å². The second-order valence-electron chi connectivity index (χ2n) is 8.60. The maximum absolute atomic E-state index is 12.9. The second-order valence-corrected chi connectivity index (χ2v) is 9.61. The highest BCUT2D eigenvalue weighted by atomic mass is 32.1. The summed E-state index contributed by atoms with van der Waals surface area (Å²) in [5.41, 5.74) is 3.05. The van der Waals surface area contributed by atoms with Crippen LogP contribution in [-0.4, -0.2) is 62.2 Å². The number of nitrogens with zero attached hydrogens (tertiary/aromatic N) is 3. The maximum Gasteiger partial charge on any atom is 0.255 e. The van der Waals surface area contributed by atoms with E-state index in [0.717, 1.165) is 60.6 Å². The second kappa shape index (κ2) is 9.99. The average molecular weight is 475 g/mol. The van der Waals surface area contributed by atoms with Crippen LogP contribution in [0.25, 0.3) is 21.0 Å². The molecule has 0 bridgehead atoms. The van der Waals surface area contributed by atoms with Crippen molar-refractivity contribution in [2.45, 2.75) is 13.3 Å². The summed E-state index contributed by atoms with van der Waals surface area (Å²) in [4.78, 5) is 22.6. The first kappa shape index (κ1) is 22.6. The molecule has 1 aromatic heterocycles. The molecule has 34 heavy (non-hydrogen) atoms. The van der Waals surface area contributed by atoms with E-state index in [4.69, 9.17) is 9.72 Å². The summed E-state index contributed by atoms with van der Waals surface area (Å²) >= 11 is 1.79. The fourth-order valence-corrected chi connectivity index (χ4v) is 5.63. The molecule has 1 N–H and O–H groups in total. The monoisotopic (exact) mass is 474 g/mol. The Bertz CT molecular complexity index is 1310. The lowest BCUT2D eigenvalue weighted by Gasteiger charge is -2.34. The third-order valence-electron chi connectivity index (χ3n) is 6.54. The molecule has 0 aliphatic carbocycles. The third kappa shape index (κ3) is 4.58. The Balaban J connectivity index is 1.15. The topological polar surface area (TPSA) is 57.7 Å². The Morgan fingerprint density at radius 1 is 1.06 bits per heavy atom. The van der Waals surface area contributed by atoms with E-state index >= 15 is 0 Å².